The van der Waals surface area contributed by atoms with E-state index in [1.54, 1.807) is 0 Å². The molecule has 5 nitrogen and oxygen atoms in total. The highest BCUT2D eigenvalue weighted by atomic mass is 35.5. The van der Waals surface area contributed by atoms with Gasteiger partial charge in [-0.15, -0.1) is 0 Å². The summed E-state index contributed by atoms with van der Waals surface area (Å²) in [5.41, 5.74) is 6.33. The number of hydrogen-bond donors (Lipinski definition) is 1. The normalized spacial score (nSPS) is 14.5. The Bertz CT molecular complexity index is 424. The highest BCUT2D eigenvalue weighted by Crippen LogP contribution is 2.33. The lowest BCUT2D eigenvalue weighted by molar-refractivity contribution is 0.777. The molecule has 0 spiro atoms. The molecule has 1 aliphatic rings. The molecular weight excluding hydrogens is 226 g/mol. The van der Waals surface area contributed by atoms with Crippen LogP contribution in [0.4, 0.5) is 11.5 Å². The largest absolute Gasteiger partial charge is 0.394 e. The van der Waals surface area contributed by atoms with Crippen molar-refractivity contribution in [3.63, 3.8) is 0 Å². The number of halogens is 1. The van der Waals surface area contributed by atoms with Crippen LogP contribution < -0.4 is 10.6 Å². The van der Waals surface area contributed by atoms with Gasteiger partial charge in [-0.2, -0.15) is 10.2 Å². The minimum absolute atomic E-state index is 0.187. The molecule has 1 heterocycles. The lowest BCUT2D eigenvalue weighted by atomic mass is 10.3. The van der Waals surface area contributed by atoms with Crippen molar-refractivity contribution in [3.05, 3.63) is 11.5 Å². The average molecular weight is 238 g/mol. The second-order valence-corrected chi connectivity index (χ2v) is 4.09. The van der Waals surface area contributed by atoms with Crippen molar-refractivity contribution in [1.82, 2.24) is 9.97 Å². The van der Waals surface area contributed by atoms with Crippen LogP contribution in [0.15, 0.2) is 6.20 Å². The van der Waals surface area contributed by atoms with Gasteiger partial charge < -0.3 is 10.6 Å². The summed E-state index contributed by atoms with van der Waals surface area (Å²) in [5, 5.41) is 8.81. The molecule has 0 aromatic carbocycles. The monoisotopic (exact) mass is 237 g/mol. The summed E-state index contributed by atoms with van der Waals surface area (Å²) in [6.45, 7) is 0.638. The Morgan fingerprint density at radius 3 is 3.00 bits per heavy atom. The molecule has 2 N–H and O–H groups in total. The zero-order chi connectivity index (χ0) is 11.5. The summed E-state index contributed by atoms with van der Waals surface area (Å²) in [7, 11) is 0. The van der Waals surface area contributed by atoms with Crippen molar-refractivity contribution in [1.29, 1.82) is 5.26 Å². The Hall–Kier alpha value is -1.54. The van der Waals surface area contributed by atoms with Gasteiger partial charge in [-0.1, -0.05) is 0 Å². The molecule has 0 atom stereocenters. The smallest absolute Gasteiger partial charge is 0.224 e. The van der Waals surface area contributed by atoms with E-state index >= 15 is 0 Å². The predicted molar refractivity (Wildman–Crippen MR) is 62.1 cm³/mol. The number of nitrogens with zero attached hydrogens (tertiary/aromatic N) is 4. The number of rotatable bonds is 4. The van der Waals surface area contributed by atoms with Gasteiger partial charge in [-0.25, -0.2) is 4.98 Å². The lowest BCUT2D eigenvalue weighted by Crippen LogP contribution is -2.28. The molecule has 6 heteroatoms. The van der Waals surface area contributed by atoms with Crippen LogP contribution in [-0.2, 0) is 0 Å². The average Bonchev–Trinajstić information content (AvgIpc) is 3.08. The number of hydrogen-bond acceptors (Lipinski definition) is 5. The van der Waals surface area contributed by atoms with Crippen LogP contribution in [-0.4, -0.2) is 22.6 Å². The van der Waals surface area contributed by atoms with Gasteiger partial charge in [0.05, 0.1) is 24.4 Å². The van der Waals surface area contributed by atoms with Gasteiger partial charge in [0.1, 0.15) is 0 Å². The van der Waals surface area contributed by atoms with E-state index in [9.17, 15) is 0 Å². The Morgan fingerprint density at radius 1 is 1.62 bits per heavy atom. The molecule has 16 heavy (non-hydrogen) atoms. The van der Waals surface area contributed by atoms with Gasteiger partial charge in [0.25, 0.3) is 0 Å². The number of anilines is 2. The van der Waals surface area contributed by atoms with Gasteiger partial charge in [0, 0.05) is 12.6 Å². The Labute approximate surface area is 98.9 Å². The number of nitrogen functional groups attached to an aromatic ring is 1. The summed E-state index contributed by atoms with van der Waals surface area (Å²) >= 11 is 5.75. The van der Waals surface area contributed by atoms with E-state index < -0.39 is 0 Å². The van der Waals surface area contributed by atoms with E-state index in [2.05, 4.69) is 16.0 Å². The zero-order valence-electron chi connectivity index (χ0n) is 8.73. The third-order valence-corrected chi connectivity index (χ3v) is 2.67. The van der Waals surface area contributed by atoms with Crippen LogP contribution in [0.1, 0.15) is 19.3 Å². The van der Waals surface area contributed by atoms with Gasteiger partial charge in [0.15, 0.2) is 5.82 Å². The maximum Gasteiger partial charge on any atom is 0.224 e. The van der Waals surface area contributed by atoms with E-state index in [0.29, 0.717) is 30.5 Å². The molecule has 84 valence electrons. The van der Waals surface area contributed by atoms with E-state index in [4.69, 9.17) is 22.6 Å². The molecular formula is C10H12ClN5. The van der Waals surface area contributed by atoms with Crippen molar-refractivity contribution < 1.29 is 0 Å². The standard InChI is InChI=1S/C10H12ClN5/c11-10-14-6-8(13)9(15-10)16(5-1-4-12)7-2-3-7/h6-7H,1-3,5,13H2. The van der Waals surface area contributed by atoms with Crippen LogP contribution in [0.5, 0.6) is 0 Å². The van der Waals surface area contributed by atoms with Crippen molar-refractivity contribution in [2.45, 2.75) is 25.3 Å². The fourth-order valence-corrected chi connectivity index (χ4v) is 1.74. The molecule has 0 radical (unpaired) electrons. The Kier molecular flexibility index (Phi) is 3.11. The predicted octanol–water partition coefficient (Wildman–Crippen LogP) is 1.59. The van der Waals surface area contributed by atoms with Crippen LogP contribution in [0.3, 0.4) is 0 Å². The van der Waals surface area contributed by atoms with Crippen molar-refractivity contribution in [2.24, 2.45) is 0 Å². The topological polar surface area (TPSA) is 78.8 Å². The molecule has 2 rings (SSSR count). The van der Waals surface area contributed by atoms with E-state index in [1.165, 1.54) is 6.20 Å². The third-order valence-electron chi connectivity index (χ3n) is 2.49. The highest BCUT2D eigenvalue weighted by molar-refractivity contribution is 6.28. The first-order chi connectivity index (χ1) is 7.72. The third kappa shape index (κ3) is 2.34. The summed E-state index contributed by atoms with van der Waals surface area (Å²) in [5.74, 6) is 0.651. The highest BCUT2D eigenvalue weighted by Gasteiger charge is 2.31. The first-order valence-electron chi connectivity index (χ1n) is 5.14. The Balaban J connectivity index is 2.23. The van der Waals surface area contributed by atoms with Crippen molar-refractivity contribution in [2.75, 3.05) is 17.2 Å². The van der Waals surface area contributed by atoms with Crippen molar-refractivity contribution in [3.8, 4) is 6.07 Å². The SMILES string of the molecule is N#CCCN(c1nc(Cl)ncc1N)C1CC1. The van der Waals surface area contributed by atoms with Crippen LogP contribution in [0, 0.1) is 11.3 Å². The first kappa shape index (κ1) is 11.0. The van der Waals surface area contributed by atoms with E-state index in [-0.39, 0.29) is 5.28 Å². The van der Waals surface area contributed by atoms with E-state index in [0.717, 1.165) is 12.8 Å². The molecule has 1 fully saturated rings. The maximum atomic E-state index is 8.62. The van der Waals surface area contributed by atoms with Gasteiger partial charge in [-0.05, 0) is 24.4 Å². The lowest BCUT2D eigenvalue weighted by Gasteiger charge is -2.23. The molecule has 0 aliphatic heterocycles. The van der Waals surface area contributed by atoms with E-state index in [1.807, 2.05) is 4.90 Å². The molecule has 0 unspecified atom stereocenters. The maximum absolute atomic E-state index is 8.62. The molecule has 0 amide bonds. The minimum Gasteiger partial charge on any atom is -0.394 e. The number of nitriles is 1. The van der Waals surface area contributed by atoms with Crippen LogP contribution in [0.25, 0.3) is 0 Å². The van der Waals surface area contributed by atoms with Gasteiger partial charge in [-0.3, -0.25) is 0 Å². The quantitative estimate of drug-likeness (QED) is 0.805. The van der Waals surface area contributed by atoms with Crippen LogP contribution >= 0.6 is 11.6 Å². The summed E-state index contributed by atoms with van der Waals surface area (Å²) in [6, 6.07) is 2.57. The molecule has 1 saturated carbocycles. The minimum atomic E-state index is 0.187. The second-order valence-electron chi connectivity index (χ2n) is 3.75. The number of aromatic nitrogens is 2. The summed E-state index contributed by atoms with van der Waals surface area (Å²) in [6.07, 6.45) is 4.20. The second kappa shape index (κ2) is 4.54. The summed E-state index contributed by atoms with van der Waals surface area (Å²) < 4.78 is 0. The number of nitrogens with two attached hydrogens (primary N) is 1. The molecule has 1 aromatic heterocycles. The summed E-state index contributed by atoms with van der Waals surface area (Å²) in [4.78, 5) is 10.0. The fourth-order valence-electron chi connectivity index (χ4n) is 1.61. The first-order valence-corrected chi connectivity index (χ1v) is 5.52. The fraction of sp³-hybridized carbons (Fsp3) is 0.500. The van der Waals surface area contributed by atoms with Gasteiger partial charge in [0.2, 0.25) is 5.28 Å². The van der Waals surface area contributed by atoms with Crippen molar-refractivity contribution >= 4 is 23.1 Å². The zero-order valence-corrected chi connectivity index (χ0v) is 9.48. The Morgan fingerprint density at radius 2 is 2.38 bits per heavy atom. The molecule has 1 aromatic rings. The molecule has 0 saturated heterocycles. The molecule has 1 aliphatic carbocycles. The molecule has 0 bridgehead atoms. The van der Waals surface area contributed by atoms with Crippen LogP contribution in [0.2, 0.25) is 5.28 Å². The van der Waals surface area contributed by atoms with Gasteiger partial charge >= 0.3 is 0 Å².